The predicted molar refractivity (Wildman–Crippen MR) is 81.9 cm³/mol. The normalized spacial score (nSPS) is 13.7. The van der Waals surface area contributed by atoms with E-state index in [9.17, 15) is 14.7 Å². The van der Waals surface area contributed by atoms with Gasteiger partial charge in [-0.3, -0.25) is 9.59 Å². The van der Waals surface area contributed by atoms with Crippen molar-refractivity contribution in [3.05, 3.63) is 56.9 Å². The van der Waals surface area contributed by atoms with E-state index in [2.05, 4.69) is 10.3 Å². The zero-order valence-corrected chi connectivity index (χ0v) is 13.1. The van der Waals surface area contributed by atoms with E-state index in [1.54, 1.807) is 39.8 Å². The number of hydrogen-bond acceptors (Lipinski definition) is 4. The number of amides is 1. The number of aromatic nitrogens is 1. The monoisotopic (exact) mass is 304 g/mol. The molecule has 118 valence electrons. The Hall–Kier alpha value is -2.34. The van der Waals surface area contributed by atoms with Gasteiger partial charge in [-0.2, -0.15) is 0 Å². The molecule has 2 rings (SSSR count). The summed E-state index contributed by atoms with van der Waals surface area (Å²) in [6.07, 6.45) is 0. The molecule has 1 amide bonds. The van der Waals surface area contributed by atoms with Gasteiger partial charge in [0.05, 0.1) is 6.54 Å². The van der Waals surface area contributed by atoms with Crippen LogP contribution in [0.4, 0.5) is 0 Å². The number of nitrogens with one attached hydrogen (secondary N) is 2. The molecule has 6 heteroatoms. The Labute approximate surface area is 128 Å². The van der Waals surface area contributed by atoms with Crippen LogP contribution in [-0.2, 0) is 5.60 Å². The average molecular weight is 304 g/mol. The molecule has 22 heavy (non-hydrogen) atoms. The lowest BCUT2D eigenvalue weighted by molar-refractivity contribution is 0.0514. The molecule has 0 saturated heterocycles. The molecule has 0 saturated carbocycles. The molecule has 2 aromatic heterocycles. The molecule has 6 nitrogen and oxygen atoms in total. The first-order chi connectivity index (χ1) is 10.2. The summed E-state index contributed by atoms with van der Waals surface area (Å²) >= 11 is 0. The van der Waals surface area contributed by atoms with Crippen LogP contribution in [0.25, 0.3) is 0 Å². The van der Waals surface area contributed by atoms with Gasteiger partial charge in [-0.25, -0.2) is 0 Å². The average Bonchev–Trinajstić information content (AvgIpc) is 2.75. The summed E-state index contributed by atoms with van der Waals surface area (Å²) in [5.41, 5.74) is -0.0956. The molecule has 0 bridgehead atoms. The number of furan rings is 1. The van der Waals surface area contributed by atoms with Crippen LogP contribution in [0.2, 0.25) is 0 Å². The lowest BCUT2D eigenvalue weighted by atomic mass is 9.96. The Kier molecular flexibility index (Phi) is 4.23. The third-order valence-corrected chi connectivity index (χ3v) is 3.46. The minimum absolute atomic E-state index is 0.0114. The Morgan fingerprint density at radius 2 is 2.00 bits per heavy atom. The van der Waals surface area contributed by atoms with Crippen molar-refractivity contribution < 1.29 is 14.3 Å². The van der Waals surface area contributed by atoms with Crippen molar-refractivity contribution in [2.45, 2.75) is 33.3 Å². The van der Waals surface area contributed by atoms with Gasteiger partial charge in [-0.15, -0.1) is 0 Å². The third kappa shape index (κ3) is 3.46. The van der Waals surface area contributed by atoms with Gasteiger partial charge in [0, 0.05) is 22.9 Å². The molecule has 2 aromatic rings. The molecular weight excluding hydrogens is 284 g/mol. The van der Waals surface area contributed by atoms with Crippen molar-refractivity contribution in [3.63, 3.8) is 0 Å². The number of rotatable bonds is 4. The molecule has 0 aliphatic carbocycles. The fourth-order valence-corrected chi connectivity index (χ4v) is 2.43. The molecule has 0 aliphatic heterocycles. The van der Waals surface area contributed by atoms with Gasteiger partial charge < -0.3 is 19.8 Å². The van der Waals surface area contributed by atoms with Crippen LogP contribution >= 0.6 is 0 Å². The summed E-state index contributed by atoms with van der Waals surface area (Å²) in [7, 11) is 0. The molecule has 1 unspecified atom stereocenters. The fraction of sp³-hybridized carbons (Fsp3) is 0.375. The second-order valence-corrected chi connectivity index (χ2v) is 5.70. The summed E-state index contributed by atoms with van der Waals surface area (Å²) < 4.78 is 5.41. The van der Waals surface area contributed by atoms with Crippen molar-refractivity contribution in [2.75, 3.05) is 6.54 Å². The topological polar surface area (TPSA) is 95.3 Å². The lowest BCUT2D eigenvalue weighted by Gasteiger charge is -2.23. The summed E-state index contributed by atoms with van der Waals surface area (Å²) in [6, 6.07) is 4.56. The lowest BCUT2D eigenvalue weighted by Crippen LogP contribution is -2.39. The largest absolute Gasteiger partial charge is 0.466 e. The van der Waals surface area contributed by atoms with E-state index in [1.165, 1.54) is 6.07 Å². The Morgan fingerprint density at radius 1 is 1.32 bits per heavy atom. The van der Waals surface area contributed by atoms with Crippen LogP contribution in [-0.4, -0.2) is 22.5 Å². The SMILES string of the molecule is Cc1cc(C(=O)NCC(C)(O)c2cc(C)oc2C)cc(=O)[nH]1. The Bertz CT molecular complexity index is 756. The number of carbonyl (C=O) groups excluding carboxylic acids is 1. The van der Waals surface area contributed by atoms with Gasteiger partial charge in [0.25, 0.3) is 5.91 Å². The first-order valence-corrected chi connectivity index (χ1v) is 6.98. The van der Waals surface area contributed by atoms with Crippen molar-refractivity contribution in [3.8, 4) is 0 Å². The van der Waals surface area contributed by atoms with Crippen LogP contribution < -0.4 is 10.9 Å². The van der Waals surface area contributed by atoms with Gasteiger partial charge in [-0.1, -0.05) is 0 Å². The molecule has 0 fully saturated rings. The van der Waals surface area contributed by atoms with E-state index in [0.717, 1.165) is 0 Å². The number of aryl methyl sites for hydroxylation is 3. The summed E-state index contributed by atoms with van der Waals surface area (Å²) in [6.45, 7) is 6.87. The molecule has 0 spiro atoms. The van der Waals surface area contributed by atoms with Crippen LogP contribution in [0, 0.1) is 20.8 Å². The summed E-state index contributed by atoms with van der Waals surface area (Å²) in [5.74, 6) is 0.903. The van der Waals surface area contributed by atoms with Crippen molar-refractivity contribution in [1.29, 1.82) is 0 Å². The van der Waals surface area contributed by atoms with Crippen molar-refractivity contribution in [2.24, 2.45) is 0 Å². The zero-order chi connectivity index (χ0) is 16.5. The number of carbonyl (C=O) groups is 1. The quantitative estimate of drug-likeness (QED) is 0.798. The van der Waals surface area contributed by atoms with E-state index >= 15 is 0 Å². The van der Waals surface area contributed by atoms with Crippen LogP contribution in [0.15, 0.2) is 27.4 Å². The van der Waals surface area contributed by atoms with Gasteiger partial charge in [0.2, 0.25) is 5.56 Å². The predicted octanol–water partition coefficient (Wildman–Crippen LogP) is 1.53. The summed E-state index contributed by atoms with van der Waals surface area (Å²) in [5, 5.41) is 13.2. The van der Waals surface area contributed by atoms with Gasteiger partial charge >= 0.3 is 0 Å². The molecular formula is C16H20N2O4. The standard InChI is InChI=1S/C16H20N2O4/c1-9-5-12(7-14(19)18-9)15(20)17-8-16(4,21)13-6-10(2)22-11(13)3/h5-7,21H,8H2,1-4H3,(H,17,20)(H,18,19). The highest BCUT2D eigenvalue weighted by molar-refractivity contribution is 5.94. The maximum Gasteiger partial charge on any atom is 0.251 e. The minimum Gasteiger partial charge on any atom is -0.466 e. The Morgan fingerprint density at radius 3 is 2.55 bits per heavy atom. The molecule has 3 N–H and O–H groups in total. The fourth-order valence-electron chi connectivity index (χ4n) is 2.43. The maximum absolute atomic E-state index is 12.1. The first-order valence-electron chi connectivity index (χ1n) is 6.98. The van der Waals surface area contributed by atoms with Crippen LogP contribution in [0.3, 0.4) is 0 Å². The van der Waals surface area contributed by atoms with Crippen molar-refractivity contribution >= 4 is 5.91 Å². The summed E-state index contributed by atoms with van der Waals surface area (Å²) in [4.78, 5) is 26.1. The maximum atomic E-state index is 12.1. The van der Waals surface area contributed by atoms with Gasteiger partial charge in [-0.05, 0) is 39.8 Å². The second kappa shape index (κ2) is 5.81. The van der Waals surface area contributed by atoms with Crippen LogP contribution in [0.1, 0.15) is 40.1 Å². The van der Waals surface area contributed by atoms with Gasteiger partial charge in [0.15, 0.2) is 0 Å². The van der Waals surface area contributed by atoms with E-state index in [-0.39, 0.29) is 17.7 Å². The van der Waals surface area contributed by atoms with E-state index in [4.69, 9.17) is 4.42 Å². The first kappa shape index (κ1) is 16.0. The van der Waals surface area contributed by atoms with E-state index in [0.29, 0.717) is 22.8 Å². The molecule has 2 heterocycles. The number of pyridine rings is 1. The van der Waals surface area contributed by atoms with E-state index < -0.39 is 11.5 Å². The van der Waals surface area contributed by atoms with E-state index in [1.807, 2.05) is 0 Å². The number of H-pyrrole nitrogens is 1. The smallest absolute Gasteiger partial charge is 0.251 e. The molecule has 0 aliphatic rings. The zero-order valence-electron chi connectivity index (χ0n) is 13.1. The number of aromatic amines is 1. The highest BCUT2D eigenvalue weighted by atomic mass is 16.3. The molecule has 1 atom stereocenters. The molecule has 0 radical (unpaired) electrons. The van der Waals surface area contributed by atoms with Gasteiger partial charge in [0.1, 0.15) is 17.1 Å². The molecule has 0 aromatic carbocycles. The Balaban J connectivity index is 2.13. The van der Waals surface area contributed by atoms with Crippen molar-refractivity contribution in [1.82, 2.24) is 10.3 Å². The number of hydrogen-bond donors (Lipinski definition) is 3. The van der Waals surface area contributed by atoms with Crippen LogP contribution in [0.5, 0.6) is 0 Å². The minimum atomic E-state index is -1.26. The highest BCUT2D eigenvalue weighted by Crippen LogP contribution is 2.26. The third-order valence-electron chi connectivity index (χ3n) is 3.46. The second-order valence-electron chi connectivity index (χ2n) is 5.70. The highest BCUT2D eigenvalue weighted by Gasteiger charge is 2.28. The number of aliphatic hydroxyl groups is 1.